The van der Waals surface area contributed by atoms with Gasteiger partial charge in [-0.25, -0.2) is 22.8 Å². The second-order valence-electron chi connectivity index (χ2n) is 8.19. The Labute approximate surface area is 192 Å². The van der Waals surface area contributed by atoms with Gasteiger partial charge in [-0.2, -0.15) is 5.10 Å². The summed E-state index contributed by atoms with van der Waals surface area (Å²) in [5, 5.41) is 7.83. The minimum Gasteiger partial charge on any atom is -0.354 e. The number of rotatable bonds is 8. The Balaban J connectivity index is 2.17. The molecule has 172 valence electrons. The molecule has 0 fully saturated rings. The fourth-order valence-electron chi connectivity index (χ4n) is 2.97. The fraction of sp³-hybridized carbons (Fsp3) is 0.381. The van der Waals surface area contributed by atoms with Gasteiger partial charge in [-0.1, -0.05) is 25.4 Å². The van der Waals surface area contributed by atoms with E-state index in [2.05, 4.69) is 39.0 Å². The molecule has 0 saturated heterocycles. The molecule has 3 aromatic rings. The maximum Gasteiger partial charge on any atom is 0.229 e. The van der Waals surface area contributed by atoms with Crippen LogP contribution >= 0.6 is 11.6 Å². The molecule has 0 aliphatic rings. The number of nitrogens with zero attached hydrogens (tertiary/aromatic N) is 4. The van der Waals surface area contributed by atoms with Crippen molar-refractivity contribution in [3.05, 3.63) is 41.4 Å². The molecule has 32 heavy (non-hydrogen) atoms. The molecule has 0 saturated carbocycles. The van der Waals surface area contributed by atoms with Crippen molar-refractivity contribution in [3.8, 4) is 22.5 Å². The minimum atomic E-state index is -3.66. The van der Waals surface area contributed by atoms with E-state index in [1.807, 2.05) is 13.8 Å². The van der Waals surface area contributed by atoms with Crippen LogP contribution in [0.5, 0.6) is 0 Å². The third-order valence-electron chi connectivity index (χ3n) is 4.45. The Bertz CT molecular complexity index is 1230. The summed E-state index contributed by atoms with van der Waals surface area (Å²) in [5.74, 6) is 0.222. The molecule has 2 aromatic heterocycles. The largest absolute Gasteiger partial charge is 0.354 e. The Hall–Kier alpha value is -2.72. The maximum absolute atomic E-state index is 14.4. The molecule has 0 bridgehead atoms. The van der Waals surface area contributed by atoms with E-state index in [4.69, 9.17) is 11.6 Å². The maximum atomic E-state index is 14.4. The van der Waals surface area contributed by atoms with E-state index in [-0.39, 0.29) is 22.3 Å². The van der Waals surface area contributed by atoms with E-state index in [0.717, 1.165) is 12.3 Å². The van der Waals surface area contributed by atoms with Crippen LogP contribution in [0.25, 0.3) is 22.5 Å². The van der Waals surface area contributed by atoms with E-state index >= 15 is 0 Å². The number of sulfonamides is 1. The molecule has 2 N–H and O–H groups in total. The smallest absolute Gasteiger partial charge is 0.229 e. The van der Waals surface area contributed by atoms with Gasteiger partial charge in [0, 0.05) is 36.1 Å². The van der Waals surface area contributed by atoms with Gasteiger partial charge in [-0.15, -0.1) is 0 Å². The molecule has 8 nitrogen and oxygen atoms in total. The van der Waals surface area contributed by atoms with Gasteiger partial charge in [0.2, 0.25) is 16.0 Å². The first-order valence-electron chi connectivity index (χ1n) is 10.1. The molecular weight excluding hydrogens is 455 g/mol. The van der Waals surface area contributed by atoms with Gasteiger partial charge in [-0.3, -0.25) is 9.40 Å². The second kappa shape index (κ2) is 9.41. The quantitative estimate of drug-likeness (QED) is 0.479. The van der Waals surface area contributed by atoms with Crippen molar-refractivity contribution in [2.45, 2.75) is 33.7 Å². The monoisotopic (exact) mass is 480 g/mol. The first-order chi connectivity index (χ1) is 14.9. The zero-order valence-electron chi connectivity index (χ0n) is 18.5. The number of hydrogen-bond donors (Lipinski definition) is 2. The zero-order chi connectivity index (χ0) is 23.6. The Morgan fingerprint density at radius 3 is 2.53 bits per heavy atom. The third-order valence-corrected chi connectivity index (χ3v) is 5.45. The number of nitrogens with one attached hydrogen (secondary N) is 2. The summed E-state index contributed by atoms with van der Waals surface area (Å²) in [4.78, 5) is 8.84. The molecule has 0 unspecified atom stereocenters. The average Bonchev–Trinajstić information content (AvgIpc) is 3.13. The van der Waals surface area contributed by atoms with Crippen molar-refractivity contribution in [2.75, 3.05) is 22.8 Å². The van der Waals surface area contributed by atoms with Gasteiger partial charge in [-0.05, 0) is 38.0 Å². The summed E-state index contributed by atoms with van der Waals surface area (Å²) >= 11 is 6.50. The predicted octanol–water partition coefficient (Wildman–Crippen LogP) is 4.82. The molecule has 0 amide bonds. The summed E-state index contributed by atoms with van der Waals surface area (Å²) in [7, 11) is -3.66. The molecule has 0 radical (unpaired) electrons. The molecule has 0 spiro atoms. The van der Waals surface area contributed by atoms with E-state index in [0.29, 0.717) is 35.4 Å². The number of anilines is 2. The van der Waals surface area contributed by atoms with Gasteiger partial charge in [0.15, 0.2) is 0 Å². The van der Waals surface area contributed by atoms with Crippen LogP contribution in [0.2, 0.25) is 5.02 Å². The van der Waals surface area contributed by atoms with Crippen molar-refractivity contribution in [3.63, 3.8) is 0 Å². The van der Waals surface area contributed by atoms with Gasteiger partial charge >= 0.3 is 0 Å². The highest BCUT2D eigenvalue weighted by Gasteiger charge is 2.22. The Morgan fingerprint density at radius 2 is 1.91 bits per heavy atom. The van der Waals surface area contributed by atoms with Crippen molar-refractivity contribution >= 4 is 33.3 Å². The summed E-state index contributed by atoms with van der Waals surface area (Å²) in [5.41, 5.74) is 1.77. The molecule has 0 aliphatic carbocycles. The van der Waals surface area contributed by atoms with Crippen molar-refractivity contribution < 1.29 is 12.8 Å². The Morgan fingerprint density at radius 1 is 1.19 bits per heavy atom. The average molecular weight is 481 g/mol. The summed E-state index contributed by atoms with van der Waals surface area (Å²) < 4.78 is 41.8. The lowest BCUT2D eigenvalue weighted by Crippen LogP contribution is -2.11. The lowest BCUT2D eigenvalue weighted by molar-refractivity contribution is 0.534. The van der Waals surface area contributed by atoms with Crippen LogP contribution in [0.1, 0.15) is 33.7 Å². The second-order valence-corrected chi connectivity index (χ2v) is 10.3. The molecule has 0 aliphatic heterocycles. The van der Waals surface area contributed by atoms with Crippen molar-refractivity contribution in [1.29, 1.82) is 0 Å². The first-order valence-corrected chi connectivity index (χ1v) is 12.3. The summed E-state index contributed by atoms with van der Waals surface area (Å²) in [6.07, 6.45) is 4.41. The van der Waals surface area contributed by atoms with Gasteiger partial charge in [0.1, 0.15) is 11.5 Å². The normalized spacial score (nSPS) is 11.9. The van der Waals surface area contributed by atoms with E-state index in [1.165, 1.54) is 6.07 Å². The lowest BCUT2D eigenvalue weighted by atomic mass is 10.0. The lowest BCUT2D eigenvalue weighted by Gasteiger charge is -2.12. The van der Waals surface area contributed by atoms with Crippen LogP contribution in [0.15, 0.2) is 30.6 Å². The summed E-state index contributed by atoms with van der Waals surface area (Å²) in [6.45, 7) is 8.78. The molecule has 0 atom stereocenters. The molecule has 3 rings (SSSR count). The van der Waals surface area contributed by atoms with Crippen LogP contribution in [-0.4, -0.2) is 41.0 Å². The topological polar surface area (TPSA) is 102 Å². The molecular formula is C21H26ClFN6O2S. The van der Waals surface area contributed by atoms with Crippen molar-refractivity contribution in [1.82, 2.24) is 19.7 Å². The van der Waals surface area contributed by atoms with E-state index < -0.39 is 15.8 Å². The molecule has 2 heterocycles. The highest BCUT2D eigenvalue weighted by atomic mass is 35.5. The number of halogens is 2. The standard InChI is InChI=1S/C21H26ClFN6O2S/c1-12(2)10-25-21-24-7-6-17(26-21)16-11-29(13(3)4)27-20(16)15-8-14(23)9-18(19(15)22)28-32(5,30)31/h6-9,11-13,28H,10H2,1-5H3,(H,24,25,26). The summed E-state index contributed by atoms with van der Waals surface area (Å²) in [6, 6.07) is 4.01. The zero-order valence-corrected chi connectivity index (χ0v) is 20.1. The molecule has 11 heteroatoms. The minimum absolute atomic E-state index is 0.0174. The van der Waals surface area contributed by atoms with Crippen LogP contribution in [0.4, 0.5) is 16.0 Å². The van der Waals surface area contributed by atoms with Gasteiger partial charge < -0.3 is 5.32 Å². The van der Waals surface area contributed by atoms with Crippen molar-refractivity contribution in [2.24, 2.45) is 5.92 Å². The van der Waals surface area contributed by atoms with Crippen LogP contribution in [0, 0.1) is 11.7 Å². The number of hydrogen-bond acceptors (Lipinski definition) is 6. The highest BCUT2D eigenvalue weighted by molar-refractivity contribution is 7.92. The van der Waals surface area contributed by atoms with Crippen LogP contribution in [-0.2, 0) is 10.0 Å². The number of benzene rings is 1. The highest BCUT2D eigenvalue weighted by Crippen LogP contribution is 2.39. The van der Waals surface area contributed by atoms with Crippen LogP contribution < -0.4 is 10.0 Å². The third kappa shape index (κ3) is 5.74. The molecule has 1 aromatic carbocycles. The predicted molar refractivity (Wildman–Crippen MR) is 126 cm³/mol. The van der Waals surface area contributed by atoms with Crippen LogP contribution in [0.3, 0.4) is 0 Å². The number of aromatic nitrogens is 4. The SMILES string of the molecule is CC(C)CNc1nccc(-c2cn(C(C)C)nc2-c2cc(F)cc(NS(C)(=O)=O)c2Cl)n1. The fourth-order valence-corrected chi connectivity index (χ4v) is 3.83. The first kappa shape index (κ1) is 23.9. The van der Waals surface area contributed by atoms with E-state index in [9.17, 15) is 12.8 Å². The van der Waals surface area contributed by atoms with Gasteiger partial charge in [0.25, 0.3) is 0 Å². The van der Waals surface area contributed by atoms with E-state index in [1.54, 1.807) is 23.1 Å². The Kier molecular flexibility index (Phi) is 7.04. The van der Waals surface area contributed by atoms with Gasteiger partial charge in [0.05, 0.1) is 22.7 Å².